The van der Waals surface area contributed by atoms with Gasteiger partial charge in [-0.1, -0.05) is 23.7 Å². The van der Waals surface area contributed by atoms with Crippen LogP contribution in [0.4, 0.5) is 17.3 Å². The monoisotopic (exact) mass is 532 g/mol. The van der Waals surface area contributed by atoms with Crippen molar-refractivity contribution in [3.05, 3.63) is 58.7 Å². The van der Waals surface area contributed by atoms with Crippen molar-refractivity contribution < 1.29 is 14.3 Å². The van der Waals surface area contributed by atoms with Crippen LogP contribution in [0.15, 0.2) is 42.6 Å². The number of rotatable bonds is 6. The van der Waals surface area contributed by atoms with Crippen molar-refractivity contribution in [1.29, 1.82) is 0 Å². The highest BCUT2D eigenvalue weighted by molar-refractivity contribution is 6.31. The second kappa shape index (κ2) is 8.22. The first-order valence-electron chi connectivity index (χ1n) is 12.8. The van der Waals surface area contributed by atoms with E-state index in [0.717, 1.165) is 56.0 Å². The molecule has 3 aromatic rings. The average molecular weight is 533 g/mol. The summed E-state index contributed by atoms with van der Waals surface area (Å²) in [5.74, 6) is 1.59. The molecule has 10 heteroatoms. The lowest BCUT2D eigenvalue weighted by Gasteiger charge is -2.60. The maximum Gasteiger partial charge on any atom is 0.258 e. The van der Waals surface area contributed by atoms with E-state index < -0.39 is 0 Å². The van der Waals surface area contributed by atoms with Gasteiger partial charge in [-0.3, -0.25) is 4.79 Å². The second-order valence-corrected chi connectivity index (χ2v) is 11.5. The third kappa shape index (κ3) is 3.52. The smallest absolute Gasteiger partial charge is 0.258 e. The lowest BCUT2D eigenvalue weighted by molar-refractivity contribution is -0.00240. The zero-order valence-corrected chi connectivity index (χ0v) is 22.4. The summed E-state index contributed by atoms with van der Waals surface area (Å²) >= 11 is 6.41. The van der Waals surface area contributed by atoms with Gasteiger partial charge in [0, 0.05) is 50.4 Å². The van der Waals surface area contributed by atoms with Gasteiger partial charge >= 0.3 is 0 Å². The van der Waals surface area contributed by atoms with Gasteiger partial charge in [0.05, 0.1) is 30.1 Å². The van der Waals surface area contributed by atoms with Crippen LogP contribution in [-0.4, -0.2) is 73.1 Å². The Labute approximate surface area is 226 Å². The highest BCUT2D eigenvalue weighted by Crippen LogP contribution is 2.57. The number of methoxy groups -OCH3 is 1. The largest absolute Gasteiger partial charge is 0.494 e. The Morgan fingerprint density at radius 1 is 1.05 bits per heavy atom. The number of halogens is 1. The topological polar surface area (TPSA) is 83.1 Å². The average Bonchev–Trinajstić information content (AvgIpc) is 3.65. The van der Waals surface area contributed by atoms with Gasteiger partial charge in [-0.25, -0.2) is 4.98 Å². The molecule has 38 heavy (non-hydrogen) atoms. The van der Waals surface area contributed by atoms with Crippen molar-refractivity contribution in [3.8, 4) is 17.4 Å². The van der Waals surface area contributed by atoms with Crippen LogP contribution < -0.4 is 19.7 Å². The van der Waals surface area contributed by atoms with Crippen molar-refractivity contribution in [1.82, 2.24) is 19.8 Å². The number of likely N-dealkylation sites (tertiary alicyclic amines) is 1. The first kappa shape index (κ1) is 23.5. The Balaban J connectivity index is 1.11. The molecule has 7 rings (SSSR count). The second-order valence-electron chi connectivity index (χ2n) is 11.1. The summed E-state index contributed by atoms with van der Waals surface area (Å²) in [6.45, 7) is 4.46. The zero-order valence-electron chi connectivity index (χ0n) is 21.6. The number of hydrogen-bond donors (Lipinski definition) is 1. The first-order chi connectivity index (χ1) is 18.3. The Kier molecular flexibility index (Phi) is 5.09. The number of ether oxygens (including phenoxy) is 2. The van der Waals surface area contributed by atoms with Crippen molar-refractivity contribution in [2.75, 3.05) is 57.6 Å². The van der Waals surface area contributed by atoms with E-state index in [9.17, 15) is 4.79 Å². The molecule has 1 amide bonds. The van der Waals surface area contributed by atoms with Crippen molar-refractivity contribution in [3.63, 3.8) is 0 Å². The van der Waals surface area contributed by atoms with Gasteiger partial charge in [0.25, 0.3) is 5.91 Å². The number of anilines is 3. The fourth-order valence-corrected chi connectivity index (χ4v) is 6.55. The molecule has 2 aromatic carbocycles. The van der Waals surface area contributed by atoms with Gasteiger partial charge < -0.3 is 29.5 Å². The van der Waals surface area contributed by atoms with Crippen molar-refractivity contribution >= 4 is 34.8 Å². The Morgan fingerprint density at radius 2 is 1.84 bits per heavy atom. The van der Waals surface area contributed by atoms with Gasteiger partial charge in [0.1, 0.15) is 16.5 Å². The predicted octanol–water partition coefficient (Wildman–Crippen LogP) is 4.50. The lowest BCUT2D eigenvalue weighted by atomic mass is 9.73. The Morgan fingerprint density at radius 3 is 2.55 bits per heavy atom. The van der Waals surface area contributed by atoms with Crippen LogP contribution in [0, 0.1) is 5.41 Å². The molecule has 4 aliphatic rings. The van der Waals surface area contributed by atoms with Crippen LogP contribution >= 0.6 is 11.6 Å². The van der Waals surface area contributed by atoms with Crippen LogP contribution in [0.25, 0.3) is 0 Å². The number of nitrogens with one attached hydrogen (secondary N) is 1. The third-order valence-corrected chi connectivity index (χ3v) is 8.65. The van der Waals surface area contributed by atoms with Gasteiger partial charge in [-0.05, 0) is 43.7 Å². The minimum absolute atomic E-state index is 0.0427. The number of aromatic nitrogens is 2. The molecule has 0 radical (unpaired) electrons. The Hall–Kier alpha value is -3.56. The maximum absolute atomic E-state index is 13.0. The lowest BCUT2D eigenvalue weighted by Crippen LogP contribution is -2.71. The molecule has 1 aromatic heterocycles. The quantitative estimate of drug-likeness (QED) is 0.497. The highest BCUT2D eigenvalue weighted by atomic mass is 35.5. The number of amides is 1. The number of benzene rings is 2. The molecule has 4 heterocycles. The van der Waals surface area contributed by atoms with Crippen LogP contribution in [0.2, 0.25) is 5.02 Å². The summed E-state index contributed by atoms with van der Waals surface area (Å²) in [7, 11) is 5.67. The fraction of sp³-hybridized carbons (Fsp3) is 0.393. The van der Waals surface area contributed by atoms with E-state index in [1.165, 1.54) is 6.20 Å². The van der Waals surface area contributed by atoms with Crippen LogP contribution in [0.3, 0.4) is 0 Å². The molecule has 3 aliphatic heterocycles. The molecular weight excluding hydrogens is 504 g/mol. The molecule has 3 fully saturated rings. The van der Waals surface area contributed by atoms with Gasteiger partial charge in [-0.2, -0.15) is 4.98 Å². The number of fused-ring (bicyclic) bond motifs is 2. The maximum atomic E-state index is 13.0. The number of nitrogens with zero attached hydrogens (tertiary/aromatic N) is 5. The molecule has 1 N–H and O–H groups in total. The standard InChI is InChI=1S/C28H29ClN6O3/c1-33-13-27(14-33)15-35(16-27)17-7-8-20(22(11-17)37-3)31-26-30-12-19(29)24(32-26)38-21-6-4-5-18-23(21)25(36)34(2)28(18)9-10-28/h4-8,11-12H,9-10,13-16H2,1-3H3,(H,30,31,32). The normalized spacial score (nSPS) is 20.3. The fourth-order valence-electron chi connectivity index (χ4n) is 6.42. The van der Waals surface area contributed by atoms with Crippen molar-refractivity contribution in [2.45, 2.75) is 18.4 Å². The van der Waals surface area contributed by atoms with Crippen LogP contribution in [-0.2, 0) is 5.54 Å². The zero-order chi connectivity index (χ0) is 26.2. The number of hydrogen-bond acceptors (Lipinski definition) is 8. The van der Waals surface area contributed by atoms with E-state index in [4.69, 9.17) is 21.1 Å². The summed E-state index contributed by atoms with van der Waals surface area (Å²) < 4.78 is 11.8. The van der Waals surface area contributed by atoms with E-state index in [-0.39, 0.29) is 22.3 Å². The van der Waals surface area contributed by atoms with Crippen LogP contribution in [0.5, 0.6) is 17.4 Å². The van der Waals surface area contributed by atoms with E-state index >= 15 is 0 Å². The van der Waals surface area contributed by atoms with Gasteiger partial charge in [0.15, 0.2) is 0 Å². The van der Waals surface area contributed by atoms with Gasteiger partial charge in [0.2, 0.25) is 11.8 Å². The number of carbonyl (C=O) groups excluding carboxylic acids is 1. The van der Waals surface area contributed by atoms with Crippen molar-refractivity contribution in [2.24, 2.45) is 5.41 Å². The molecule has 0 bridgehead atoms. The van der Waals surface area contributed by atoms with E-state index in [1.54, 1.807) is 13.2 Å². The summed E-state index contributed by atoms with van der Waals surface area (Å²) in [5, 5.41) is 3.48. The first-order valence-corrected chi connectivity index (χ1v) is 13.2. The number of carbonyl (C=O) groups is 1. The summed E-state index contributed by atoms with van der Waals surface area (Å²) in [4.78, 5) is 28.5. The third-order valence-electron chi connectivity index (χ3n) is 8.39. The van der Waals surface area contributed by atoms with Gasteiger partial charge in [-0.15, -0.1) is 0 Å². The van der Waals surface area contributed by atoms with E-state index in [0.29, 0.717) is 28.4 Å². The minimum atomic E-state index is -0.193. The van der Waals surface area contributed by atoms with E-state index in [2.05, 4.69) is 38.2 Å². The molecular formula is C28H29ClN6O3. The molecule has 1 saturated carbocycles. The molecule has 2 spiro atoms. The summed E-state index contributed by atoms with van der Waals surface area (Å²) in [6, 6.07) is 11.8. The molecule has 0 unspecified atom stereocenters. The highest BCUT2D eigenvalue weighted by Gasteiger charge is 2.57. The molecule has 1 aliphatic carbocycles. The summed E-state index contributed by atoms with van der Waals surface area (Å²) in [5.41, 5.74) is 3.71. The predicted molar refractivity (Wildman–Crippen MR) is 145 cm³/mol. The molecule has 196 valence electrons. The van der Waals surface area contributed by atoms with Crippen LogP contribution in [0.1, 0.15) is 28.8 Å². The molecule has 9 nitrogen and oxygen atoms in total. The SMILES string of the molecule is COc1cc(N2CC3(CN(C)C3)C2)ccc1Nc1ncc(Cl)c(Oc2cccc3c2C(=O)N(C)C32CC2)n1. The molecule has 0 atom stereocenters. The Bertz CT molecular complexity index is 1460. The van der Waals surface area contributed by atoms with E-state index in [1.807, 2.05) is 36.2 Å². The minimum Gasteiger partial charge on any atom is -0.494 e. The summed E-state index contributed by atoms with van der Waals surface area (Å²) in [6.07, 6.45) is 3.41. The molecule has 2 saturated heterocycles.